The van der Waals surface area contributed by atoms with E-state index in [1.54, 1.807) is 27.3 Å². The third kappa shape index (κ3) is 28.9. The number of nitrogens with one attached hydrogen (secondary N) is 4. The Kier molecular flexibility index (Phi) is 32.9. The number of rotatable bonds is 20. The molecule has 0 aliphatic heterocycles. The summed E-state index contributed by atoms with van der Waals surface area (Å²) in [7, 11) is -1.69. The molecule has 4 rings (SSSR count). The van der Waals surface area contributed by atoms with Gasteiger partial charge in [0.1, 0.15) is 0 Å². The van der Waals surface area contributed by atoms with Gasteiger partial charge in [-0.05, 0) is 152 Å². The van der Waals surface area contributed by atoms with E-state index < -0.39 is 28.2 Å². The Hall–Kier alpha value is -0.380. The van der Waals surface area contributed by atoms with Crippen LogP contribution in [-0.2, 0) is 19.6 Å². The summed E-state index contributed by atoms with van der Waals surface area (Å²) >= 11 is 0. The maximum atomic E-state index is 9.19. The summed E-state index contributed by atoms with van der Waals surface area (Å²) in [5.41, 5.74) is 0. The van der Waals surface area contributed by atoms with Gasteiger partial charge >= 0.3 is 28.2 Å². The van der Waals surface area contributed by atoms with Gasteiger partial charge < -0.3 is 41.0 Å². The molecule has 56 heavy (non-hydrogen) atoms. The summed E-state index contributed by atoms with van der Waals surface area (Å²) in [5, 5.41) is 82.3. The molecule has 12 N–H and O–H groups in total. The highest BCUT2D eigenvalue weighted by atomic mass is 17.1. The van der Waals surface area contributed by atoms with Crippen LogP contribution in [0, 0.1) is 23.7 Å². The third-order valence-corrected chi connectivity index (χ3v) is 11.5. The summed E-state index contributed by atoms with van der Waals surface area (Å²) in [4.78, 5) is 16.4. The van der Waals surface area contributed by atoms with Crippen molar-refractivity contribution in [1.29, 1.82) is 0 Å². The molecule has 8 unspecified atom stereocenters. The van der Waals surface area contributed by atoms with Gasteiger partial charge in [0.05, 0.1) is 26.4 Å². The van der Waals surface area contributed by atoms with Crippen molar-refractivity contribution in [2.75, 3.05) is 26.4 Å². The molecule has 0 heterocycles. The van der Waals surface area contributed by atoms with Crippen LogP contribution in [-0.4, -0.2) is 120 Å². The first-order valence-corrected chi connectivity index (χ1v) is 21.7. The van der Waals surface area contributed by atoms with Crippen LogP contribution >= 0.6 is 0 Å². The summed E-state index contributed by atoms with van der Waals surface area (Å²) in [5.74, 6) is 2.47. The van der Waals surface area contributed by atoms with Crippen molar-refractivity contribution in [3.05, 3.63) is 0 Å². The first-order chi connectivity index (χ1) is 26.9. The van der Waals surface area contributed by atoms with Crippen LogP contribution in [0.5, 0.6) is 0 Å². The lowest BCUT2D eigenvalue weighted by atomic mass is 9.79. The summed E-state index contributed by atoms with van der Waals surface area (Å²) in [6.07, 6.45) is 22.1. The Morgan fingerprint density at radius 1 is 0.375 bits per heavy atom. The molecule has 16 nitrogen and oxygen atoms in total. The van der Waals surface area contributed by atoms with E-state index in [-0.39, 0.29) is 0 Å². The molecule has 4 aliphatic rings. The molecule has 0 aromatic carbocycles. The zero-order valence-corrected chi connectivity index (χ0v) is 35.1. The molecule has 0 saturated heterocycles. The first kappa shape index (κ1) is 53.6. The molecule has 0 bridgehead atoms. The van der Waals surface area contributed by atoms with Gasteiger partial charge in [-0.1, -0.05) is 51.4 Å². The summed E-state index contributed by atoms with van der Waals surface area (Å²) in [6.45, 7) is 8.69. The van der Waals surface area contributed by atoms with Crippen molar-refractivity contribution in [2.45, 2.75) is 180 Å². The predicted octanol–water partition coefficient (Wildman–Crippen LogP) is 4.50. The van der Waals surface area contributed by atoms with Crippen LogP contribution < -0.4 is 20.9 Å². The molecule has 0 aromatic heterocycles. The van der Waals surface area contributed by atoms with E-state index in [0.29, 0.717) is 74.3 Å². The van der Waals surface area contributed by atoms with Crippen molar-refractivity contribution in [1.82, 2.24) is 20.9 Å². The number of hydrogen-bond donors (Lipinski definition) is 12. The van der Waals surface area contributed by atoms with E-state index in [2.05, 4.69) is 40.5 Å². The monoisotopic (exact) mass is 805 g/mol. The van der Waals surface area contributed by atoms with E-state index >= 15 is 0 Å². The van der Waals surface area contributed by atoms with Crippen LogP contribution in [0.3, 0.4) is 0 Å². The predicted molar refractivity (Wildman–Crippen MR) is 224 cm³/mol. The molecule has 4 aliphatic carbocycles. The Morgan fingerprint density at radius 2 is 0.571 bits per heavy atom. The molecule has 0 radical (unpaired) electrons. The maximum absolute atomic E-state index is 9.19. The van der Waals surface area contributed by atoms with E-state index in [9.17, 15) is 20.1 Å². The van der Waals surface area contributed by atoms with Gasteiger partial charge in [-0.15, -0.1) is 0 Å². The van der Waals surface area contributed by atoms with Crippen LogP contribution in [0.25, 0.3) is 0 Å². The zero-order chi connectivity index (χ0) is 41.6. The molecule has 4 saturated carbocycles. The van der Waals surface area contributed by atoms with Gasteiger partial charge in [0.25, 0.3) is 0 Å². The number of hydrogen-bond acceptors (Lipinski definition) is 16. The van der Waals surface area contributed by atoms with Crippen molar-refractivity contribution in [3.8, 4) is 0 Å². The zero-order valence-electron chi connectivity index (χ0n) is 35.1. The van der Waals surface area contributed by atoms with Crippen molar-refractivity contribution < 1.29 is 60.7 Å². The van der Waals surface area contributed by atoms with Gasteiger partial charge in [0, 0.05) is 0 Å². The highest BCUT2D eigenvalue weighted by Crippen LogP contribution is 2.29. The maximum Gasteiger partial charge on any atom is 0.373 e. The SMILES string of the molecule is CB(O)NC1CCCC(CCOO)C1.CB(O)NC1CCCC(CCOO)C1.CB(O)NC1CCCC(CCOO)C1.CB(O)NC1CCCC(CCOO)C1. The Morgan fingerprint density at radius 3 is 0.732 bits per heavy atom. The average molecular weight is 804 g/mol. The van der Waals surface area contributed by atoms with E-state index in [4.69, 9.17) is 21.0 Å². The lowest BCUT2D eigenvalue weighted by Gasteiger charge is -2.30. The molecular weight excluding hydrogens is 724 g/mol. The molecule has 0 spiro atoms. The molecule has 0 aromatic rings. The molecule has 8 atom stereocenters. The third-order valence-electron chi connectivity index (χ3n) is 11.5. The standard InChI is InChI=1S/4C9H20BNO3/c4*1-10(12)11-9-4-2-3-8(7-9)5-6-14-13/h4*8-9,11-13H,2-7H2,1H3. The van der Waals surface area contributed by atoms with Crippen molar-refractivity contribution in [2.24, 2.45) is 23.7 Å². The topological polar surface area (TPSA) is 247 Å². The minimum absolute atomic E-state index is 0.423. The second kappa shape index (κ2) is 34.3. The van der Waals surface area contributed by atoms with Crippen LogP contribution in [0.2, 0.25) is 27.3 Å². The van der Waals surface area contributed by atoms with Crippen LogP contribution in [0.15, 0.2) is 0 Å². The summed E-state index contributed by atoms with van der Waals surface area (Å²) in [6, 6.07) is 1.69. The lowest BCUT2D eigenvalue weighted by molar-refractivity contribution is -0.244. The van der Waals surface area contributed by atoms with Gasteiger partial charge in [-0.25, -0.2) is 19.6 Å². The van der Waals surface area contributed by atoms with Gasteiger partial charge in [0.2, 0.25) is 0 Å². The first-order valence-electron chi connectivity index (χ1n) is 21.7. The second-order valence-electron chi connectivity index (χ2n) is 16.8. The van der Waals surface area contributed by atoms with Crippen molar-refractivity contribution in [3.63, 3.8) is 0 Å². The molecule has 0 amide bonds. The Labute approximate surface area is 339 Å². The van der Waals surface area contributed by atoms with Crippen molar-refractivity contribution >= 4 is 28.2 Å². The molecule has 328 valence electrons. The fraction of sp³-hybridized carbons (Fsp3) is 1.00. The van der Waals surface area contributed by atoms with E-state index in [0.717, 1.165) is 77.0 Å². The van der Waals surface area contributed by atoms with Gasteiger partial charge in [-0.2, -0.15) is 0 Å². The minimum Gasteiger partial charge on any atom is -0.437 e. The fourth-order valence-electron chi connectivity index (χ4n) is 9.06. The highest BCUT2D eigenvalue weighted by molar-refractivity contribution is 6.46. The average Bonchev–Trinajstić information content (AvgIpc) is 3.15. The van der Waals surface area contributed by atoms with Gasteiger partial charge in [-0.3, -0.25) is 21.0 Å². The second-order valence-corrected chi connectivity index (χ2v) is 16.8. The summed E-state index contributed by atoms with van der Waals surface area (Å²) < 4.78 is 0. The van der Waals surface area contributed by atoms with E-state index in [1.807, 2.05) is 0 Å². The molecule has 20 heteroatoms. The minimum atomic E-state index is -0.423. The Balaban J connectivity index is 0.000000373. The highest BCUT2D eigenvalue weighted by Gasteiger charge is 2.26. The van der Waals surface area contributed by atoms with Crippen LogP contribution in [0.1, 0.15) is 128 Å². The fourth-order valence-corrected chi connectivity index (χ4v) is 9.06. The smallest absolute Gasteiger partial charge is 0.373 e. The van der Waals surface area contributed by atoms with Crippen LogP contribution in [0.4, 0.5) is 0 Å². The molecular formula is C36H80B4N4O12. The molecule has 4 fully saturated rings. The quantitative estimate of drug-likeness (QED) is 0.0460. The largest absolute Gasteiger partial charge is 0.437 e. The lowest BCUT2D eigenvalue weighted by Crippen LogP contribution is -2.42. The van der Waals surface area contributed by atoms with Gasteiger partial charge in [0.15, 0.2) is 0 Å². The van der Waals surface area contributed by atoms with E-state index in [1.165, 1.54) is 51.4 Å². The Bertz CT molecular complexity index is 764. The normalized spacial score (nSPS) is 27.6.